The van der Waals surface area contributed by atoms with Gasteiger partial charge in [-0.2, -0.15) is 4.98 Å². The van der Waals surface area contributed by atoms with E-state index in [0.717, 1.165) is 18.5 Å². The first-order chi connectivity index (χ1) is 13.9. The maximum Gasteiger partial charge on any atom is 0.394 e. The molecule has 152 valence electrons. The number of imidazole rings is 1. The summed E-state index contributed by atoms with van der Waals surface area (Å²) in [6, 6.07) is 0. The van der Waals surface area contributed by atoms with Crippen LogP contribution in [0.25, 0.3) is 5.65 Å². The minimum Gasteiger partial charge on any atom is -0.478 e. The van der Waals surface area contributed by atoms with Gasteiger partial charge in [0.15, 0.2) is 5.78 Å². The van der Waals surface area contributed by atoms with E-state index in [1.807, 2.05) is 17.5 Å². The number of rotatable bonds is 7. The summed E-state index contributed by atoms with van der Waals surface area (Å²) in [6.45, 7) is 5.06. The molecule has 2 bridgehead atoms. The number of Topliss-reactive ketones (excluding diaryl/α,β-unsaturated/α-hetero) is 1. The predicted molar refractivity (Wildman–Crippen MR) is 101 cm³/mol. The Balaban J connectivity index is 1.43. The van der Waals surface area contributed by atoms with Gasteiger partial charge in [0.1, 0.15) is 12.0 Å². The minimum absolute atomic E-state index is 0.0202. The van der Waals surface area contributed by atoms with Crippen molar-refractivity contribution in [3.63, 3.8) is 0 Å². The third-order valence-electron chi connectivity index (χ3n) is 5.69. The van der Waals surface area contributed by atoms with Gasteiger partial charge in [-0.3, -0.25) is 4.79 Å². The van der Waals surface area contributed by atoms with Gasteiger partial charge in [-0.05, 0) is 26.7 Å². The topological polar surface area (TPSA) is 101 Å². The summed E-state index contributed by atoms with van der Waals surface area (Å²) < 4.78 is 23.5. The van der Waals surface area contributed by atoms with Crippen LogP contribution in [0.3, 0.4) is 0 Å². The van der Waals surface area contributed by atoms with Crippen molar-refractivity contribution in [2.45, 2.75) is 44.1 Å². The van der Waals surface area contributed by atoms with Crippen molar-refractivity contribution in [1.29, 1.82) is 0 Å². The average Bonchev–Trinajstić information content (AvgIpc) is 3.42. The van der Waals surface area contributed by atoms with Crippen molar-refractivity contribution in [1.82, 2.24) is 19.4 Å². The molecule has 0 unspecified atom stereocenters. The molecule has 9 nitrogen and oxygen atoms in total. The van der Waals surface area contributed by atoms with E-state index in [0.29, 0.717) is 30.4 Å². The number of ketones is 1. The molecule has 3 aromatic heterocycles. The Morgan fingerprint density at radius 1 is 1.28 bits per heavy atom. The van der Waals surface area contributed by atoms with Crippen molar-refractivity contribution >= 4 is 11.4 Å². The molecule has 0 amide bonds. The van der Waals surface area contributed by atoms with E-state index in [-0.39, 0.29) is 35.0 Å². The van der Waals surface area contributed by atoms with E-state index in [9.17, 15) is 4.79 Å². The van der Waals surface area contributed by atoms with Gasteiger partial charge in [-0.15, -0.1) is 0 Å². The highest BCUT2D eigenvalue weighted by atomic mass is 16.6. The zero-order valence-electron chi connectivity index (χ0n) is 16.6. The molecule has 29 heavy (non-hydrogen) atoms. The van der Waals surface area contributed by atoms with Gasteiger partial charge < -0.3 is 23.0 Å². The van der Waals surface area contributed by atoms with Crippen LogP contribution in [0.1, 0.15) is 48.6 Å². The normalized spacial score (nSPS) is 25.2. The number of ether oxygens (including phenoxy) is 3. The van der Waals surface area contributed by atoms with Crippen LogP contribution in [-0.4, -0.2) is 51.1 Å². The van der Waals surface area contributed by atoms with Crippen LogP contribution in [0, 0.1) is 0 Å². The van der Waals surface area contributed by atoms with Gasteiger partial charge >= 0.3 is 6.08 Å². The van der Waals surface area contributed by atoms with E-state index in [1.54, 1.807) is 13.3 Å². The molecule has 1 saturated carbocycles. The summed E-state index contributed by atoms with van der Waals surface area (Å²) >= 11 is 0. The Kier molecular flexibility index (Phi) is 3.92. The molecular formula is C20H22N4O5. The van der Waals surface area contributed by atoms with Crippen LogP contribution in [-0.2, 0) is 16.6 Å². The molecule has 0 spiro atoms. The Hall–Kier alpha value is -2.94. The second-order valence-electron chi connectivity index (χ2n) is 8.00. The van der Waals surface area contributed by atoms with Crippen molar-refractivity contribution in [3.05, 3.63) is 35.7 Å². The van der Waals surface area contributed by atoms with Gasteiger partial charge in [0, 0.05) is 17.8 Å². The van der Waals surface area contributed by atoms with Crippen molar-refractivity contribution in [2.24, 2.45) is 0 Å². The lowest BCUT2D eigenvalue weighted by atomic mass is 9.62. The number of hydrogen-bond acceptors (Lipinski definition) is 8. The molecule has 0 atom stereocenters. The van der Waals surface area contributed by atoms with Crippen LogP contribution in [0.2, 0.25) is 0 Å². The molecule has 6 rings (SSSR count). The first kappa shape index (κ1) is 18.1. The molecule has 0 aromatic carbocycles. The zero-order valence-corrected chi connectivity index (χ0v) is 16.6. The fourth-order valence-corrected chi connectivity index (χ4v) is 4.48. The summed E-state index contributed by atoms with van der Waals surface area (Å²) in [5.74, 6) is 0.167. The van der Waals surface area contributed by atoms with Crippen molar-refractivity contribution in [2.75, 3.05) is 20.3 Å². The minimum atomic E-state index is -0.216. The quantitative estimate of drug-likeness (QED) is 0.559. The highest BCUT2D eigenvalue weighted by molar-refractivity contribution is 5.95. The number of fused-ring (bicyclic) bond motifs is 2. The molecule has 5 heterocycles. The first-order valence-electron chi connectivity index (χ1n) is 9.62. The maximum atomic E-state index is 12.6. The SMILES string of the molecule is CCOc1nc(C(=O)Cc2cn3cc(C45COC(C)(C4)C5)nc3c(OC)n2)co1. The monoisotopic (exact) mass is 398 g/mol. The van der Waals surface area contributed by atoms with E-state index in [2.05, 4.69) is 16.9 Å². The Bertz CT molecular complexity index is 1100. The van der Waals surface area contributed by atoms with E-state index in [1.165, 1.54) is 6.26 Å². The van der Waals surface area contributed by atoms with Crippen LogP contribution in [0.15, 0.2) is 23.1 Å². The van der Waals surface area contributed by atoms with Crippen LogP contribution < -0.4 is 9.47 Å². The molecule has 9 heteroatoms. The molecule has 2 saturated heterocycles. The number of hydrogen-bond donors (Lipinski definition) is 0. The molecule has 1 aliphatic carbocycles. The van der Waals surface area contributed by atoms with Crippen LogP contribution in [0.4, 0.5) is 0 Å². The molecule has 3 fully saturated rings. The smallest absolute Gasteiger partial charge is 0.394 e. The number of oxazole rings is 1. The molecule has 0 N–H and O–H groups in total. The molecule has 3 aromatic rings. The molecule has 2 aliphatic heterocycles. The molecular weight excluding hydrogens is 376 g/mol. The van der Waals surface area contributed by atoms with Gasteiger partial charge in [-0.25, -0.2) is 9.97 Å². The van der Waals surface area contributed by atoms with E-state index < -0.39 is 0 Å². The standard InChI is InChI=1S/C20H22N4O5/c1-4-27-18-22-13(8-28-18)14(25)5-12-6-24-7-15(23-16(24)17(21-12)26-3)20-9-19(2,10-20)29-11-20/h6-8H,4-5,9-11H2,1-3H3. The summed E-state index contributed by atoms with van der Waals surface area (Å²) in [5.41, 5.74) is 2.33. The number of carbonyl (C=O) groups excluding carboxylic acids is 1. The summed E-state index contributed by atoms with van der Waals surface area (Å²) in [4.78, 5) is 25.9. The number of carbonyl (C=O) groups is 1. The van der Waals surface area contributed by atoms with E-state index >= 15 is 0 Å². The van der Waals surface area contributed by atoms with E-state index in [4.69, 9.17) is 23.6 Å². The average molecular weight is 398 g/mol. The highest BCUT2D eigenvalue weighted by Gasteiger charge is 2.61. The predicted octanol–water partition coefficient (Wildman–Crippen LogP) is 2.37. The van der Waals surface area contributed by atoms with Gasteiger partial charge in [0.2, 0.25) is 5.65 Å². The van der Waals surface area contributed by atoms with Gasteiger partial charge in [0.05, 0.1) is 43.7 Å². The van der Waals surface area contributed by atoms with Crippen molar-refractivity contribution < 1.29 is 23.4 Å². The molecule has 0 radical (unpaired) electrons. The summed E-state index contributed by atoms with van der Waals surface area (Å²) in [7, 11) is 1.55. The summed E-state index contributed by atoms with van der Waals surface area (Å²) in [6.07, 6.45) is 7.18. The summed E-state index contributed by atoms with van der Waals surface area (Å²) in [5, 5.41) is 0. The Morgan fingerprint density at radius 2 is 2.10 bits per heavy atom. The Morgan fingerprint density at radius 3 is 2.79 bits per heavy atom. The fraction of sp³-hybridized carbons (Fsp3) is 0.500. The first-order valence-corrected chi connectivity index (χ1v) is 9.62. The lowest BCUT2D eigenvalue weighted by Gasteiger charge is -2.41. The lowest BCUT2D eigenvalue weighted by molar-refractivity contribution is 0.0154. The Labute approximate surface area is 167 Å². The maximum absolute atomic E-state index is 12.6. The number of methoxy groups -OCH3 is 1. The molecule has 3 aliphatic rings. The second kappa shape index (κ2) is 6.28. The van der Waals surface area contributed by atoms with Crippen molar-refractivity contribution in [3.8, 4) is 12.0 Å². The number of nitrogens with zero attached hydrogens (tertiary/aromatic N) is 4. The highest BCUT2D eigenvalue weighted by Crippen LogP contribution is 2.58. The lowest BCUT2D eigenvalue weighted by Crippen LogP contribution is -2.45. The largest absolute Gasteiger partial charge is 0.478 e. The number of aromatic nitrogens is 4. The third-order valence-corrected chi connectivity index (χ3v) is 5.69. The fourth-order valence-electron chi connectivity index (χ4n) is 4.48. The second-order valence-corrected chi connectivity index (χ2v) is 8.00. The van der Waals surface area contributed by atoms with Crippen LogP contribution in [0.5, 0.6) is 12.0 Å². The van der Waals surface area contributed by atoms with Crippen LogP contribution >= 0.6 is 0 Å². The van der Waals surface area contributed by atoms with Gasteiger partial charge in [-0.1, -0.05) is 0 Å². The van der Waals surface area contributed by atoms with Gasteiger partial charge in [0.25, 0.3) is 5.88 Å². The zero-order chi connectivity index (χ0) is 20.2. The third kappa shape index (κ3) is 2.88.